The largest absolute Gasteiger partial charge is 0.493 e. The number of fused-ring (bicyclic) bond motifs is 4. The Balaban J connectivity index is 2.05. The summed E-state index contributed by atoms with van der Waals surface area (Å²) in [4.78, 5) is 24.0. The third-order valence-electron chi connectivity index (χ3n) is 4.71. The minimum atomic E-state index is -1.22. The molecule has 7 nitrogen and oxygen atoms in total. The van der Waals surface area contributed by atoms with Crippen LogP contribution in [0.4, 0.5) is 0 Å². The summed E-state index contributed by atoms with van der Waals surface area (Å²) in [5.41, 5.74) is 3.64. The normalized spacial score (nSPS) is 11.9. The Morgan fingerprint density at radius 3 is 2.67 bits per heavy atom. The first-order chi connectivity index (χ1) is 13.0. The van der Waals surface area contributed by atoms with Gasteiger partial charge in [0.2, 0.25) is 0 Å². The number of carboxylic acids is 1. The van der Waals surface area contributed by atoms with Crippen LogP contribution in [0.3, 0.4) is 0 Å². The number of hydrogen-bond donors (Lipinski definition) is 3. The van der Waals surface area contributed by atoms with E-state index in [0.29, 0.717) is 28.7 Å². The fourth-order valence-electron chi connectivity index (χ4n) is 3.49. The molecule has 0 aromatic heterocycles. The first-order valence-corrected chi connectivity index (χ1v) is 8.21. The molecule has 0 bridgehead atoms. The quantitative estimate of drug-likeness (QED) is 0.293. The van der Waals surface area contributed by atoms with Gasteiger partial charge in [0.15, 0.2) is 11.5 Å². The molecule has 1 amide bonds. The Bertz CT molecular complexity index is 1110. The molecule has 1 aliphatic rings. The fourth-order valence-corrected chi connectivity index (χ4v) is 3.49. The first kappa shape index (κ1) is 16.9. The van der Waals surface area contributed by atoms with Gasteiger partial charge in [-0.1, -0.05) is 24.3 Å². The Hall–Kier alpha value is -3.58. The summed E-state index contributed by atoms with van der Waals surface area (Å²) in [6.07, 6.45) is 0.556. The van der Waals surface area contributed by atoms with Crippen LogP contribution in [0.5, 0.6) is 17.2 Å². The number of amides is 1. The van der Waals surface area contributed by atoms with Gasteiger partial charge in [-0.05, 0) is 29.1 Å². The van der Waals surface area contributed by atoms with Gasteiger partial charge in [-0.3, -0.25) is 10.2 Å². The van der Waals surface area contributed by atoms with Crippen molar-refractivity contribution in [2.75, 3.05) is 7.11 Å². The lowest BCUT2D eigenvalue weighted by atomic mass is 9.90. The second-order valence-corrected chi connectivity index (χ2v) is 6.13. The molecule has 27 heavy (non-hydrogen) atoms. The van der Waals surface area contributed by atoms with E-state index in [2.05, 4.69) is 0 Å². The van der Waals surface area contributed by atoms with E-state index < -0.39 is 11.9 Å². The molecule has 0 saturated carbocycles. The minimum Gasteiger partial charge on any atom is -0.493 e. The molecule has 0 radical (unpaired) electrons. The number of nitrogens with two attached hydrogens (primary N) is 1. The lowest BCUT2D eigenvalue weighted by Gasteiger charge is -2.24. The number of ether oxygens (including phenoxy) is 2. The van der Waals surface area contributed by atoms with E-state index in [9.17, 15) is 14.7 Å². The number of carboxylic acid groups (broad SMARTS) is 1. The molecule has 136 valence electrons. The summed E-state index contributed by atoms with van der Waals surface area (Å²) >= 11 is 0. The summed E-state index contributed by atoms with van der Waals surface area (Å²) in [5, 5.41) is 10.8. The highest BCUT2D eigenvalue weighted by Gasteiger charge is 2.27. The number of aromatic carboxylic acids is 1. The Kier molecular flexibility index (Phi) is 3.93. The molecule has 0 fully saturated rings. The van der Waals surface area contributed by atoms with Crippen molar-refractivity contribution in [3.63, 3.8) is 0 Å². The second-order valence-electron chi connectivity index (χ2n) is 6.13. The third-order valence-corrected chi connectivity index (χ3v) is 4.71. The number of nitrogen functional groups attached to an aromatic ring is 1. The van der Waals surface area contributed by atoms with Crippen LogP contribution in [0, 0.1) is 0 Å². The minimum absolute atomic E-state index is 0.0170. The van der Waals surface area contributed by atoms with E-state index in [1.807, 2.05) is 29.7 Å². The Morgan fingerprint density at radius 2 is 1.96 bits per heavy atom. The van der Waals surface area contributed by atoms with E-state index in [-0.39, 0.29) is 11.1 Å². The average molecular weight is 364 g/mol. The summed E-state index contributed by atoms with van der Waals surface area (Å²) in [6, 6.07) is 12.4. The van der Waals surface area contributed by atoms with Gasteiger partial charge < -0.3 is 14.6 Å². The molecular weight excluding hydrogens is 348 g/mol. The van der Waals surface area contributed by atoms with Gasteiger partial charge in [-0.15, -0.1) is 0 Å². The van der Waals surface area contributed by atoms with Crippen LogP contribution >= 0.6 is 0 Å². The zero-order valence-corrected chi connectivity index (χ0v) is 14.4. The molecule has 7 heteroatoms. The van der Waals surface area contributed by atoms with Crippen LogP contribution in [0.15, 0.2) is 42.5 Å². The van der Waals surface area contributed by atoms with E-state index in [1.54, 1.807) is 12.1 Å². The van der Waals surface area contributed by atoms with Crippen molar-refractivity contribution in [1.82, 2.24) is 5.43 Å². The van der Waals surface area contributed by atoms with Crippen molar-refractivity contribution in [2.24, 2.45) is 5.84 Å². The maximum atomic E-state index is 12.0. The van der Waals surface area contributed by atoms with Gasteiger partial charge in [0, 0.05) is 17.4 Å². The molecule has 0 saturated heterocycles. The molecule has 0 spiro atoms. The van der Waals surface area contributed by atoms with Gasteiger partial charge >= 0.3 is 5.97 Å². The Morgan fingerprint density at radius 1 is 1.19 bits per heavy atom. The number of carbonyl (C=O) groups excluding carboxylic acids is 1. The summed E-state index contributed by atoms with van der Waals surface area (Å²) in [7, 11) is 1.49. The predicted molar refractivity (Wildman–Crippen MR) is 98.4 cm³/mol. The Labute approximate surface area is 154 Å². The van der Waals surface area contributed by atoms with Crippen molar-refractivity contribution >= 4 is 22.6 Å². The van der Waals surface area contributed by atoms with E-state index in [0.717, 1.165) is 16.9 Å². The van der Waals surface area contributed by atoms with Gasteiger partial charge in [0.1, 0.15) is 5.75 Å². The van der Waals surface area contributed by atoms with Gasteiger partial charge in [-0.25, -0.2) is 10.6 Å². The molecule has 0 aliphatic carbocycles. The lowest BCUT2D eigenvalue weighted by molar-refractivity contribution is 0.0693. The molecule has 3 aromatic rings. The molecule has 0 atom stereocenters. The van der Waals surface area contributed by atoms with Gasteiger partial charge in [-0.2, -0.15) is 0 Å². The topological polar surface area (TPSA) is 111 Å². The predicted octanol–water partition coefficient (Wildman–Crippen LogP) is 2.85. The number of rotatable bonds is 3. The number of methoxy groups -OCH3 is 1. The lowest BCUT2D eigenvalue weighted by Crippen LogP contribution is -2.31. The van der Waals surface area contributed by atoms with Crippen LogP contribution in [0.2, 0.25) is 0 Å². The SMILES string of the molecule is COc1cc2c(C(=O)O)c(C(=O)NN)ccc2c2c1Oc1ccccc1C2. The van der Waals surface area contributed by atoms with Crippen LogP contribution in [0.1, 0.15) is 31.8 Å². The zero-order valence-electron chi connectivity index (χ0n) is 14.4. The summed E-state index contributed by atoms with van der Waals surface area (Å²) < 4.78 is 11.5. The number of para-hydroxylation sites is 1. The maximum Gasteiger partial charge on any atom is 0.337 e. The second kappa shape index (κ2) is 6.30. The van der Waals surface area contributed by atoms with Crippen LogP contribution in [0.25, 0.3) is 10.8 Å². The number of nitrogens with one attached hydrogen (secondary N) is 1. The van der Waals surface area contributed by atoms with E-state index in [4.69, 9.17) is 15.3 Å². The highest BCUT2D eigenvalue weighted by molar-refractivity contribution is 6.14. The number of benzene rings is 3. The van der Waals surface area contributed by atoms with Crippen LogP contribution in [-0.2, 0) is 6.42 Å². The van der Waals surface area contributed by atoms with E-state index in [1.165, 1.54) is 13.2 Å². The molecule has 0 unspecified atom stereocenters. The highest BCUT2D eigenvalue weighted by atomic mass is 16.5. The maximum absolute atomic E-state index is 12.0. The summed E-state index contributed by atoms with van der Waals surface area (Å²) in [5.74, 6) is 4.99. The third kappa shape index (κ3) is 2.56. The van der Waals surface area contributed by atoms with Crippen molar-refractivity contribution < 1.29 is 24.2 Å². The molecule has 1 aliphatic heterocycles. The van der Waals surface area contributed by atoms with Gasteiger partial charge in [0.25, 0.3) is 5.91 Å². The molecule has 4 N–H and O–H groups in total. The van der Waals surface area contributed by atoms with Crippen molar-refractivity contribution in [3.05, 3.63) is 64.7 Å². The molecule has 1 heterocycles. The van der Waals surface area contributed by atoms with Crippen molar-refractivity contribution in [3.8, 4) is 17.2 Å². The standard InChI is InChI=1S/C20H16N2O5/c1-26-16-9-13-11(6-7-12(19(23)22-21)17(13)20(24)25)14-8-10-4-2-3-5-15(10)27-18(14)16/h2-7,9H,8,21H2,1H3,(H,22,23)(H,24,25). The summed E-state index contributed by atoms with van der Waals surface area (Å²) in [6.45, 7) is 0. The number of carbonyl (C=O) groups is 2. The smallest absolute Gasteiger partial charge is 0.337 e. The molecule has 4 rings (SSSR count). The molecular formula is C20H16N2O5. The fraction of sp³-hybridized carbons (Fsp3) is 0.100. The van der Waals surface area contributed by atoms with E-state index >= 15 is 0 Å². The number of hydrogen-bond acceptors (Lipinski definition) is 5. The average Bonchev–Trinajstić information content (AvgIpc) is 2.69. The van der Waals surface area contributed by atoms with Crippen molar-refractivity contribution in [1.29, 1.82) is 0 Å². The van der Waals surface area contributed by atoms with Crippen molar-refractivity contribution in [2.45, 2.75) is 6.42 Å². The highest BCUT2D eigenvalue weighted by Crippen LogP contribution is 2.46. The molecule has 3 aromatic carbocycles. The van der Waals surface area contributed by atoms with Gasteiger partial charge in [0.05, 0.1) is 18.2 Å². The zero-order chi connectivity index (χ0) is 19.1. The van der Waals surface area contributed by atoms with Crippen LogP contribution < -0.4 is 20.7 Å². The number of hydrazine groups is 1. The monoisotopic (exact) mass is 364 g/mol. The first-order valence-electron chi connectivity index (χ1n) is 8.21. The van der Waals surface area contributed by atoms with Crippen LogP contribution in [-0.4, -0.2) is 24.1 Å².